The van der Waals surface area contributed by atoms with Gasteiger partial charge >= 0.3 is 0 Å². The second-order valence-corrected chi connectivity index (χ2v) is 12.2. The van der Waals surface area contributed by atoms with Gasteiger partial charge in [0.2, 0.25) is 0 Å². The van der Waals surface area contributed by atoms with Gasteiger partial charge in [-0.05, 0) is 55.6 Å². The van der Waals surface area contributed by atoms with Crippen LogP contribution in [0.4, 0.5) is 10.1 Å². The fraction of sp³-hybridized carbons (Fsp3) is 0.448. The lowest BCUT2D eigenvalue weighted by molar-refractivity contribution is -0.384. The predicted molar refractivity (Wildman–Crippen MR) is 150 cm³/mol. The van der Waals surface area contributed by atoms with E-state index in [0.29, 0.717) is 49.2 Å². The number of nitrogens with zero attached hydrogens (tertiary/aromatic N) is 8. The number of nitro groups is 1. The number of ether oxygens (including phenoxy) is 1. The van der Waals surface area contributed by atoms with Gasteiger partial charge in [0.25, 0.3) is 5.69 Å². The van der Waals surface area contributed by atoms with Crippen LogP contribution in [0.5, 0.6) is 0 Å². The van der Waals surface area contributed by atoms with Gasteiger partial charge in [-0.25, -0.2) is 18.7 Å². The van der Waals surface area contributed by atoms with Crippen LogP contribution in [0.2, 0.25) is 0 Å². The highest BCUT2D eigenvalue weighted by Crippen LogP contribution is 2.69. The van der Waals surface area contributed by atoms with Crippen molar-refractivity contribution in [2.75, 3.05) is 13.2 Å². The molecule has 1 atom stereocenters. The SMILES string of the molecule is O=[N+]([O-])c1cc(-c2cn(Cc3cn4cc(CNCC56CC(F)(C5)C6)ccc4n3)nn2)c2cnn(C3CCCCO3)c2c1. The van der Waals surface area contributed by atoms with Crippen LogP contribution < -0.4 is 5.32 Å². The van der Waals surface area contributed by atoms with Gasteiger partial charge in [0.05, 0.1) is 35.1 Å². The van der Waals surface area contributed by atoms with Gasteiger partial charge < -0.3 is 14.5 Å². The number of aromatic nitrogens is 7. The first-order valence-corrected chi connectivity index (χ1v) is 14.4. The number of nitrogens with one attached hydrogen (secondary N) is 1. The Morgan fingerprint density at radius 1 is 1.17 bits per heavy atom. The second kappa shape index (κ2) is 9.39. The van der Waals surface area contributed by atoms with Crippen molar-refractivity contribution in [3.05, 3.63) is 70.4 Å². The zero-order valence-corrected chi connectivity index (χ0v) is 22.9. The summed E-state index contributed by atoms with van der Waals surface area (Å²) in [4.78, 5) is 16.1. The van der Waals surface area contributed by atoms with Crippen molar-refractivity contribution in [1.82, 2.24) is 39.5 Å². The minimum Gasteiger partial charge on any atom is -0.356 e. The summed E-state index contributed by atoms with van der Waals surface area (Å²) >= 11 is 0. The van der Waals surface area contributed by atoms with Crippen LogP contribution in [-0.2, 0) is 17.8 Å². The van der Waals surface area contributed by atoms with Crippen molar-refractivity contribution >= 4 is 22.2 Å². The van der Waals surface area contributed by atoms with Gasteiger partial charge in [-0.15, -0.1) is 5.10 Å². The summed E-state index contributed by atoms with van der Waals surface area (Å²) in [6, 6.07) is 7.10. The van der Waals surface area contributed by atoms with Crippen LogP contribution in [-0.4, -0.2) is 57.9 Å². The molecule has 1 aromatic carbocycles. The maximum absolute atomic E-state index is 13.8. The molecule has 3 aliphatic carbocycles. The minimum atomic E-state index is -0.864. The zero-order valence-electron chi connectivity index (χ0n) is 22.9. The highest BCUT2D eigenvalue weighted by Gasteiger charge is 2.68. The summed E-state index contributed by atoms with van der Waals surface area (Å²) in [5, 5.41) is 29.2. The molecule has 2 bridgehead atoms. The summed E-state index contributed by atoms with van der Waals surface area (Å²) in [5.41, 5.74) is 3.80. The highest BCUT2D eigenvalue weighted by atomic mass is 19.1. The quantitative estimate of drug-likeness (QED) is 0.201. The van der Waals surface area contributed by atoms with E-state index in [9.17, 15) is 14.5 Å². The lowest BCUT2D eigenvalue weighted by Crippen LogP contribution is -2.67. The number of halogens is 1. The molecule has 4 aliphatic rings. The summed E-state index contributed by atoms with van der Waals surface area (Å²) in [6.45, 7) is 2.61. The van der Waals surface area contributed by atoms with E-state index in [1.807, 2.05) is 16.7 Å². The summed E-state index contributed by atoms with van der Waals surface area (Å²) in [7, 11) is 0. The Morgan fingerprint density at radius 3 is 2.83 bits per heavy atom. The van der Waals surface area contributed by atoms with Crippen molar-refractivity contribution < 1.29 is 14.1 Å². The van der Waals surface area contributed by atoms with Crippen LogP contribution >= 0.6 is 0 Å². The largest absolute Gasteiger partial charge is 0.356 e. The number of imidazole rings is 1. The number of fused-ring (bicyclic) bond motifs is 2. The molecule has 4 fully saturated rings. The third kappa shape index (κ3) is 4.34. The number of non-ortho nitro benzene ring substituents is 1. The smallest absolute Gasteiger partial charge is 0.272 e. The van der Waals surface area contributed by atoms with Crippen LogP contribution in [0.1, 0.15) is 56.0 Å². The highest BCUT2D eigenvalue weighted by molar-refractivity contribution is 5.95. The Kier molecular flexibility index (Phi) is 5.70. The zero-order chi connectivity index (χ0) is 28.5. The summed E-state index contributed by atoms with van der Waals surface area (Å²) < 4.78 is 25.1. The monoisotopic (exact) mass is 571 g/mol. The molecule has 0 spiro atoms. The molecule has 0 amide bonds. The fourth-order valence-corrected chi connectivity index (χ4v) is 7.05. The van der Waals surface area contributed by atoms with Gasteiger partial charge in [0, 0.05) is 55.2 Å². The Balaban J connectivity index is 1.01. The van der Waals surface area contributed by atoms with Crippen molar-refractivity contribution in [2.45, 2.75) is 63.5 Å². The van der Waals surface area contributed by atoms with Gasteiger partial charge in [-0.1, -0.05) is 11.3 Å². The van der Waals surface area contributed by atoms with E-state index in [4.69, 9.17) is 9.72 Å². The van der Waals surface area contributed by atoms with Crippen LogP contribution in [0, 0.1) is 15.5 Å². The van der Waals surface area contributed by atoms with Crippen LogP contribution in [0.3, 0.4) is 0 Å². The minimum absolute atomic E-state index is 0.0363. The van der Waals surface area contributed by atoms with Gasteiger partial charge in [-0.2, -0.15) is 5.10 Å². The summed E-state index contributed by atoms with van der Waals surface area (Å²) in [5.74, 6) is 0. The third-order valence-electron chi connectivity index (χ3n) is 8.95. The predicted octanol–water partition coefficient (Wildman–Crippen LogP) is 4.58. The molecule has 1 N–H and O–H groups in total. The first-order chi connectivity index (χ1) is 20.4. The van der Waals surface area contributed by atoms with Crippen molar-refractivity contribution in [2.24, 2.45) is 5.41 Å². The Morgan fingerprint density at radius 2 is 2.05 bits per heavy atom. The van der Waals surface area contributed by atoms with E-state index in [2.05, 4.69) is 33.0 Å². The molecule has 4 aromatic heterocycles. The maximum atomic E-state index is 13.8. The van der Waals surface area contributed by atoms with E-state index in [1.54, 1.807) is 27.8 Å². The molecule has 1 saturated heterocycles. The van der Waals surface area contributed by atoms with Crippen molar-refractivity contribution in [3.8, 4) is 11.3 Å². The van der Waals surface area contributed by atoms with E-state index in [0.717, 1.165) is 54.6 Å². The molecule has 9 rings (SSSR count). The normalized spacial score (nSPS) is 25.0. The Labute approximate surface area is 239 Å². The average molecular weight is 572 g/mol. The lowest BCUT2D eigenvalue weighted by Gasteiger charge is -2.66. The number of hydrogen-bond acceptors (Lipinski definition) is 8. The number of hydrogen-bond donors (Lipinski definition) is 1. The van der Waals surface area contributed by atoms with E-state index in [1.165, 1.54) is 6.07 Å². The molecule has 0 radical (unpaired) electrons. The molecule has 13 heteroatoms. The molecule has 5 heterocycles. The molecular weight excluding hydrogens is 541 g/mol. The number of pyridine rings is 1. The van der Waals surface area contributed by atoms with Gasteiger partial charge in [0.15, 0.2) is 6.23 Å². The number of benzene rings is 1. The van der Waals surface area contributed by atoms with Crippen molar-refractivity contribution in [3.63, 3.8) is 0 Å². The Bertz CT molecular complexity index is 1820. The van der Waals surface area contributed by atoms with E-state index < -0.39 is 10.6 Å². The van der Waals surface area contributed by atoms with E-state index >= 15 is 0 Å². The molecule has 12 nitrogen and oxygen atoms in total. The first-order valence-electron chi connectivity index (χ1n) is 14.4. The number of alkyl halides is 1. The first kappa shape index (κ1) is 25.5. The Hall–Kier alpha value is -4.23. The summed E-state index contributed by atoms with van der Waals surface area (Å²) in [6.07, 6.45) is 12.2. The standard InChI is InChI=1S/C29H30FN9O3/c30-29-15-28(16-29,17-29)18-31-9-19-4-5-26-33-20(12-36(26)11-19)13-37-14-24(34-35-37)22-7-21(39(40)41)8-25-23(22)10-32-38(25)27-3-1-2-6-42-27/h4-5,7-8,10-12,14,27,31H,1-3,6,9,13,15-18H2. The third-order valence-corrected chi connectivity index (χ3v) is 8.95. The fourth-order valence-electron chi connectivity index (χ4n) is 7.05. The molecule has 3 saturated carbocycles. The number of nitro benzene ring substituents is 1. The van der Waals surface area contributed by atoms with E-state index in [-0.39, 0.29) is 17.3 Å². The molecule has 42 heavy (non-hydrogen) atoms. The molecular formula is C29H30FN9O3. The molecule has 1 aliphatic heterocycles. The maximum Gasteiger partial charge on any atom is 0.272 e. The lowest BCUT2D eigenvalue weighted by atomic mass is 9.42. The second-order valence-electron chi connectivity index (χ2n) is 12.2. The average Bonchev–Trinajstić information content (AvgIpc) is 3.69. The number of rotatable bonds is 9. The van der Waals surface area contributed by atoms with Gasteiger partial charge in [0.1, 0.15) is 17.0 Å². The molecule has 216 valence electrons. The van der Waals surface area contributed by atoms with Crippen LogP contribution in [0.25, 0.3) is 27.8 Å². The molecule has 1 unspecified atom stereocenters. The van der Waals surface area contributed by atoms with Gasteiger partial charge in [-0.3, -0.25) is 10.1 Å². The van der Waals surface area contributed by atoms with Crippen LogP contribution in [0.15, 0.2) is 49.1 Å². The topological polar surface area (TPSA) is 130 Å². The molecule has 5 aromatic rings. The van der Waals surface area contributed by atoms with Crippen molar-refractivity contribution in [1.29, 1.82) is 0 Å².